The minimum atomic E-state index is -1.64. The first-order valence-electron chi connectivity index (χ1n) is 10.5. The number of nitrogens with zero attached hydrogens (tertiary/aromatic N) is 1. The van der Waals surface area contributed by atoms with Crippen molar-refractivity contribution in [2.75, 3.05) is 20.8 Å². The Labute approximate surface area is 189 Å². The maximum Gasteiger partial charge on any atom is 0.330 e. The van der Waals surface area contributed by atoms with Crippen molar-refractivity contribution in [1.82, 2.24) is 0 Å². The Kier molecular flexibility index (Phi) is 6.86. The van der Waals surface area contributed by atoms with Crippen LogP contribution in [-0.2, 0) is 14.3 Å². The van der Waals surface area contributed by atoms with Crippen LogP contribution in [0.4, 0.5) is 0 Å². The van der Waals surface area contributed by atoms with Gasteiger partial charge in [-0.2, -0.15) is 5.26 Å². The van der Waals surface area contributed by atoms with E-state index in [0.717, 1.165) is 21.9 Å². The van der Waals surface area contributed by atoms with E-state index in [2.05, 4.69) is 6.07 Å². The summed E-state index contributed by atoms with van der Waals surface area (Å²) >= 11 is 0. The summed E-state index contributed by atoms with van der Waals surface area (Å²) in [4.78, 5) is 13.7. The quantitative estimate of drug-likeness (QED) is 0.464. The molecule has 0 amide bonds. The lowest BCUT2D eigenvalue weighted by atomic mass is 9.68. The molecule has 0 aliphatic heterocycles. The number of hydrogen-bond acceptors (Lipinski definition) is 5. The molecule has 0 aliphatic rings. The molecular formula is C27H29NO4. The summed E-state index contributed by atoms with van der Waals surface area (Å²) in [7, 11) is 3.07. The molecule has 0 fully saturated rings. The van der Waals surface area contributed by atoms with E-state index >= 15 is 0 Å². The van der Waals surface area contributed by atoms with Crippen LogP contribution in [0.2, 0.25) is 0 Å². The van der Waals surface area contributed by atoms with Gasteiger partial charge in [-0.1, -0.05) is 60.7 Å². The maximum absolute atomic E-state index is 13.7. The number of esters is 1. The molecule has 0 heterocycles. The van der Waals surface area contributed by atoms with E-state index in [4.69, 9.17) is 14.2 Å². The lowest BCUT2D eigenvalue weighted by Crippen LogP contribution is -2.45. The molecule has 0 aromatic heterocycles. The van der Waals surface area contributed by atoms with Crippen molar-refractivity contribution in [3.05, 3.63) is 77.9 Å². The van der Waals surface area contributed by atoms with E-state index in [1.165, 1.54) is 7.11 Å². The fourth-order valence-corrected chi connectivity index (χ4v) is 4.10. The zero-order valence-electron chi connectivity index (χ0n) is 19.2. The van der Waals surface area contributed by atoms with Gasteiger partial charge in [0.15, 0.2) is 5.41 Å². The third-order valence-electron chi connectivity index (χ3n) is 5.41. The second-order valence-electron chi connectivity index (χ2n) is 8.76. The molecule has 0 bridgehead atoms. The molecule has 3 rings (SSSR count). The minimum absolute atomic E-state index is 0.135. The van der Waals surface area contributed by atoms with Gasteiger partial charge >= 0.3 is 5.97 Å². The molecule has 0 aliphatic carbocycles. The third kappa shape index (κ3) is 4.46. The van der Waals surface area contributed by atoms with Crippen LogP contribution in [0.5, 0.6) is 5.75 Å². The van der Waals surface area contributed by atoms with Crippen molar-refractivity contribution in [2.24, 2.45) is 5.41 Å². The number of nitriles is 1. The Morgan fingerprint density at radius 1 is 0.938 bits per heavy atom. The summed E-state index contributed by atoms with van der Waals surface area (Å²) in [5, 5.41) is 12.5. The Bertz CT molecular complexity index is 1140. The highest BCUT2D eigenvalue weighted by Gasteiger charge is 2.52. The number of carbonyl (C=O) groups excluding carboxylic acids is 1. The summed E-state index contributed by atoms with van der Waals surface area (Å²) in [6.45, 7) is 5.23. The molecule has 32 heavy (non-hydrogen) atoms. The fraction of sp³-hybridized carbons (Fsp3) is 0.333. The highest BCUT2D eigenvalue weighted by molar-refractivity contribution is 5.90. The van der Waals surface area contributed by atoms with Gasteiger partial charge in [0.25, 0.3) is 0 Å². The molecule has 3 aromatic rings. The van der Waals surface area contributed by atoms with Gasteiger partial charge in [-0.25, -0.2) is 0 Å². The number of rotatable bonds is 7. The average molecular weight is 432 g/mol. The molecule has 0 spiro atoms. The smallest absolute Gasteiger partial charge is 0.330 e. The number of fused-ring (bicyclic) bond motifs is 1. The van der Waals surface area contributed by atoms with Crippen molar-refractivity contribution in [3.8, 4) is 11.8 Å². The second-order valence-corrected chi connectivity index (χ2v) is 8.76. The van der Waals surface area contributed by atoms with Crippen LogP contribution >= 0.6 is 0 Å². The highest BCUT2D eigenvalue weighted by atomic mass is 16.6. The van der Waals surface area contributed by atoms with Gasteiger partial charge in [-0.05, 0) is 43.2 Å². The summed E-state index contributed by atoms with van der Waals surface area (Å²) in [6, 6.07) is 23.6. The highest BCUT2D eigenvalue weighted by Crippen LogP contribution is 2.47. The van der Waals surface area contributed by atoms with Crippen LogP contribution in [0, 0.1) is 16.7 Å². The van der Waals surface area contributed by atoms with E-state index in [1.54, 1.807) is 27.9 Å². The first-order valence-corrected chi connectivity index (χ1v) is 10.5. The Morgan fingerprint density at radius 2 is 1.56 bits per heavy atom. The first-order chi connectivity index (χ1) is 15.3. The maximum atomic E-state index is 13.7. The average Bonchev–Trinajstić information content (AvgIpc) is 2.77. The molecule has 2 atom stereocenters. The van der Waals surface area contributed by atoms with Crippen LogP contribution in [0.1, 0.15) is 37.8 Å². The van der Waals surface area contributed by atoms with Gasteiger partial charge in [0.2, 0.25) is 0 Å². The van der Waals surface area contributed by atoms with Crippen molar-refractivity contribution in [3.63, 3.8) is 0 Å². The van der Waals surface area contributed by atoms with E-state index in [1.807, 2.05) is 66.7 Å². The molecule has 0 unspecified atom stereocenters. The molecule has 5 heteroatoms. The van der Waals surface area contributed by atoms with Gasteiger partial charge < -0.3 is 14.2 Å². The predicted molar refractivity (Wildman–Crippen MR) is 125 cm³/mol. The number of ether oxygens (including phenoxy) is 3. The van der Waals surface area contributed by atoms with Crippen molar-refractivity contribution in [1.29, 1.82) is 5.26 Å². The Balaban J connectivity index is 2.39. The summed E-state index contributed by atoms with van der Waals surface area (Å²) in [5.74, 6) is -0.729. The fourth-order valence-electron chi connectivity index (χ4n) is 4.10. The minimum Gasteiger partial charge on any atom is -0.496 e. The van der Waals surface area contributed by atoms with Gasteiger partial charge in [0.1, 0.15) is 11.4 Å². The predicted octanol–water partition coefficient (Wildman–Crippen LogP) is 5.48. The zero-order chi connectivity index (χ0) is 23.4. The SMILES string of the molecule is COC[C@](C#N)(C(=O)OC(C)(C)C)[C@@H](c1ccccc1OC)c1cccc2ccccc12. The second kappa shape index (κ2) is 9.42. The number of carbonyl (C=O) groups is 1. The van der Waals surface area contributed by atoms with Gasteiger partial charge in [0.05, 0.1) is 19.8 Å². The number of para-hydroxylation sites is 1. The molecule has 0 saturated heterocycles. The number of methoxy groups -OCH3 is 2. The molecular weight excluding hydrogens is 402 g/mol. The number of hydrogen-bond donors (Lipinski definition) is 0. The van der Waals surface area contributed by atoms with Gasteiger partial charge in [-0.15, -0.1) is 0 Å². The molecule has 0 saturated carbocycles. The summed E-state index contributed by atoms with van der Waals surface area (Å²) in [6.07, 6.45) is 0. The van der Waals surface area contributed by atoms with Crippen LogP contribution in [0.3, 0.4) is 0 Å². The molecule has 5 nitrogen and oxygen atoms in total. The van der Waals surface area contributed by atoms with Crippen LogP contribution in [-0.4, -0.2) is 32.4 Å². The van der Waals surface area contributed by atoms with Gasteiger partial charge in [0, 0.05) is 18.6 Å². The third-order valence-corrected chi connectivity index (χ3v) is 5.41. The van der Waals surface area contributed by atoms with Crippen LogP contribution < -0.4 is 4.74 Å². The number of benzene rings is 3. The summed E-state index contributed by atoms with van der Waals surface area (Å²) in [5.41, 5.74) is -0.856. The topological polar surface area (TPSA) is 68.5 Å². The van der Waals surface area contributed by atoms with E-state index in [-0.39, 0.29) is 6.61 Å². The summed E-state index contributed by atoms with van der Waals surface area (Å²) < 4.78 is 16.9. The largest absolute Gasteiger partial charge is 0.496 e. The van der Waals surface area contributed by atoms with Gasteiger partial charge in [-0.3, -0.25) is 4.79 Å². The van der Waals surface area contributed by atoms with E-state index in [0.29, 0.717) is 5.75 Å². The molecule has 166 valence electrons. The standard InChI is InChI=1S/C27H29NO4/c1-26(2,3)32-25(29)27(17-28,18-30-4)24(22-14-8-9-16-23(22)31-5)21-15-10-12-19-11-6-7-13-20(19)21/h6-16,24H,18H2,1-5H3/t24-,27+/m1/s1. The van der Waals surface area contributed by atoms with Crippen LogP contribution in [0.25, 0.3) is 10.8 Å². The Hall–Kier alpha value is -3.36. The molecule has 0 radical (unpaired) electrons. The lowest BCUT2D eigenvalue weighted by Gasteiger charge is -2.36. The monoisotopic (exact) mass is 431 g/mol. The van der Waals surface area contributed by atoms with E-state index in [9.17, 15) is 10.1 Å². The lowest BCUT2D eigenvalue weighted by molar-refractivity contribution is -0.167. The van der Waals surface area contributed by atoms with Crippen molar-refractivity contribution >= 4 is 16.7 Å². The molecule has 3 aromatic carbocycles. The van der Waals surface area contributed by atoms with Crippen LogP contribution in [0.15, 0.2) is 66.7 Å². The zero-order valence-corrected chi connectivity index (χ0v) is 19.2. The van der Waals surface area contributed by atoms with E-state index < -0.39 is 22.9 Å². The normalized spacial score (nSPS) is 14.2. The van der Waals surface area contributed by atoms with Crippen molar-refractivity contribution < 1.29 is 19.0 Å². The molecule has 0 N–H and O–H groups in total. The first kappa shape index (κ1) is 23.3. The Morgan fingerprint density at radius 3 is 2.22 bits per heavy atom. The van der Waals surface area contributed by atoms with Crippen molar-refractivity contribution in [2.45, 2.75) is 32.3 Å².